The molecule has 2 aliphatic heterocycles. The lowest BCUT2D eigenvalue weighted by Crippen LogP contribution is -2.49. The van der Waals surface area contributed by atoms with Gasteiger partial charge in [-0.3, -0.25) is 9.69 Å². The van der Waals surface area contributed by atoms with Crippen LogP contribution in [0.2, 0.25) is 0 Å². The number of hydrogen-bond donors (Lipinski definition) is 4. The van der Waals surface area contributed by atoms with Crippen LogP contribution in [0, 0.1) is 17.2 Å². The van der Waals surface area contributed by atoms with Crippen LogP contribution in [-0.4, -0.2) is 93.8 Å². The van der Waals surface area contributed by atoms with Gasteiger partial charge in [0, 0.05) is 63.6 Å². The minimum atomic E-state index is -0.705. The number of β-amino-alcohol motifs (C(OH)–C–C–N with tert-alkyl or cyclic N) is 1. The minimum absolute atomic E-state index is 0.221. The normalized spacial score (nSPS) is 17.9. The minimum Gasteiger partial charge on any atom is -0.394 e. The fourth-order valence-electron chi connectivity index (χ4n) is 5.13. The number of anilines is 4. The highest BCUT2D eigenvalue weighted by atomic mass is 16.3. The first kappa shape index (κ1) is 25.8. The van der Waals surface area contributed by atoms with Crippen LogP contribution in [0.25, 0.3) is 10.9 Å². The molecule has 0 amide bonds. The van der Waals surface area contributed by atoms with E-state index >= 15 is 0 Å². The van der Waals surface area contributed by atoms with Gasteiger partial charge in [-0.25, -0.2) is 10.1 Å². The Morgan fingerprint density at radius 1 is 1.08 bits per heavy atom. The third-order valence-electron chi connectivity index (χ3n) is 7.33. The molecular weight excluding hydrogens is 486 g/mol. The molecule has 0 bridgehead atoms. The number of fused-ring (bicyclic) bond motifs is 1. The number of benzene rings is 1. The van der Waals surface area contributed by atoms with Crippen molar-refractivity contribution in [3.05, 3.63) is 40.8 Å². The number of aliphatic hydroxyl groups is 2. The highest BCUT2D eigenvalue weighted by Gasteiger charge is 2.23. The summed E-state index contributed by atoms with van der Waals surface area (Å²) in [6.07, 6.45) is 3.21. The monoisotopic (exact) mass is 519 g/mol. The summed E-state index contributed by atoms with van der Waals surface area (Å²) < 4.78 is 0. The Bertz CT molecular complexity index is 1320. The predicted molar refractivity (Wildman–Crippen MR) is 145 cm³/mol. The van der Waals surface area contributed by atoms with E-state index in [-0.39, 0.29) is 12.2 Å². The summed E-state index contributed by atoms with van der Waals surface area (Å²) in [5.41, 5.74) is 2.01. The number of nitrogens with one attached hydrogen (secondary N) is 2. The molecule has 2 saturated heterocycles. The van der Waals surface area contributed by atoms with Crippen LogP contribution in [0.15, 0.2) is 35.3 Å². The van der Waals surface area contributed by atoms with Crippen molar-refractivity contribution in [2.24, 2.45) is 5.92 Å². The second kappa shape index (κ2) is 11.7. The number of piperazine rings is 1. The lowest BCUT2D eigenvalue weighted by atomic mass is 9.94. The van der Waals surface area contributed by atoms with Crippen LogP contribution < -0.4 is 20.7 Å². The first-order valence-electron chi connectivity index (χ1n) is 13.0. The maximum absolute atomic E-state index is 12.6. The van der Waals surface area contributed by atoms with Crippen molar-refractivity contribution in [1.29, 1.82) is 5.26 Å². The molecule has 200 valence electrons. The molecule has 12 heteroatoms. The molecule has 1 atom stereocenters. The number of H-pyrrole nitrogens is 1. The number of hydrogen-bond acceptors (Lipinski definition) is 11. The highest BCUT2D eigenvalue weighted by molar-refractivity contribution is 5.90. The van der Waals surface area contributed by atoms with Gasteiger partial charge < -0.3 is 25.3 Å². The first-order chi connectivity index (χ1) is 18.5. The topological polar surface area (TPSA) is 158 Å². The van der Waals surface area contributed by atoms with Crippen LogP contribution in [0.1, 0.15) is 19.3 Å². The van der Waals surface area contributed by atoms with E-state index in [1.165, 1.54) is 6.20 Å². The van der Waals surface area contributed by atoms with E-state index in [0.29, 0.717) is 41.6 Å². The van der Waals surface area contributed by atoms with Crippen molar-refractivity contribution in [3.63, 3.8) is 0 Å². The van der Waals surface area contributed by atoms with Gasteiger partial charge in [0.25, 0.3) is 5.56 Å². The van der Waals surface area contributed by atoms with Gasteiger partial charge in [0.1, 0.15) is 16.7 Å². The Labute approximate surface area is 220 Å². The van der Waals surface area contributed by atoms with Gasteiger partial charge in [-0.15, -0.1) is 0 Å². The molecule has 3 aromatic rings. The summed E-state index contributed by atoms with van der Waals surface area (Å²) in [6, 6.07) is 10.3. The van der Waals surface area contributed by atoms with Crippen molar-refractivity contribution < 1.29 is 10.2 Å². The van der Waals surface area contributed by atoms with E-state index < -0.39 is 6.10 Å². The molecule has 0 saturated carbocycles. The van der Waals surface area contributed by atoms with Crippen molar-refractivity contribution >= 4 is 34.0 Å². The zero-order valence-electron chi connectivity index (χ0n) is 21.3. The number of aromatic amines is 1. The molecule has 0 radical (unpaired) electrons. The molecule has 2 fully saturated rings. The Hall–Kier alpha value is -3.79. The zero-order valence-corrected chi connectivity index (χ0v) is 21.3. The van der Waals surface area contributed by atoms with Crippen LogP contribution in [0.3, 0.4) is 0 Å². The maximum atomic E-state index is 12.6. The summed E-state index contributed by atoms with van der Waals surface area (Å²) in [4.78, 5) is 28.6. The number of aromatic nitrogens is 4. The van der Waals surface area contributed by atoms with Gasteiger partial charge >= 0.3 is 0 Å². The fraction of sp³-hybridized carbons (Fsp3) is 0.500. The van der Waals surface area contributed by atoms with Crippen molar-refractivity contribution in [3.8, 4) is 6.07 Å². The van der Waals surface area contributed by atoms with Gasteiger partial charge in [0.2, 0.25) is 5.95 Å². The Kier molecular flexibility index (Phi) is 7.97. The van der Waals surface area contributed by atoms with E-state index in [2.05, 4.69) is 41.3 Å². The lowest BCUT2D eigenvalue weighted by Gasteiger charge is -2.36. The molecule has 38 heavy (non-hydrogen) atoms. The molecule has 1 aromatic carbocycles. The summed E-state index contributed by atoms with van der Waals surface area (Å²) in [5, 5.41) is 37.8. The van der Waals surface area contributed by atoms with E-state index in [4.69, 9.17) is 15.4 Å². The van der Waals surface area contributed by atoms with Gasteiger partial charge in [-0.05, 0) is 43.0 Å². The highest BCUT2D eigenvalue weighted by Crippen LogP contribution is 2.28. The van der Waals surface area contributed by atoms with E-state index in [1.807, 2.05) is 24.3 Å². The second-order valence-corrected chi connectivity index (χ2v) is 9.92. The van der Waals surface area contributed by atoms with Gasteiger partial charge in [-0.2, -0.15) is 15.3 Å². The average Bonchev–Trinajstić information content (AvgIpc) is 2.94. The van der Waals surface area contributed by atoms with Gasteiger partial charge in [0.15, 0.2) is 0 Å². The number of nitrogens with zero attached hydrogens (tertiary/aromatic N) is 7. The Morgan fingerprint density at radius 2 is 1.82 bits per heavy atom. The van der Waals surface area contributed by atoms with Crippen LogP contribution in [-0.2, 0) is 0 Å². The number of aliphatic hydroxyl groups excluding tert-OH is 2. The molecule has 2 aromatic heterocycles. The second-order valence-electron chi connectivity index (χ2n) is 9.92. The van der Waals surface area contributed by atoms with Gasteiger partial charge in [0.05, 0.1) is 25.0 Å². The predicted octanol–water partition coefficient (Wildman–Crippen LogP) is 1.06. The molecule has 1 unspecified atom stereocenters. The molecule has 2 aliphatic rings. The largest absolute Gasteiger partial charge is 0.394 e. The number of piperidine rings is 1. The zero-order chi connectivity index (χ0) is 26.5. The van der Waals surface area contributed by atoms with Crippen molar-refractivity contribution in [2.75, 3.05) is 67.5 Å². The van der Waals surface area contributed by atoms with E-state index in [1.54, 1.807) is 0 Å². The number of nitriles is 1. The Balaban J connectivity index is 1.31. The fourth-order valence-corrected chi connectivity index (χ4v) is 5.13. The summed E-state index contributed by atoms with van der Waals surface area (Å²) >= 11 is 0. The third kappa shape index (κ3) is 5.85. The standard InChI is InChI=1S/C26H33N9O3/c27-8-5-18-6-9-35(10-7-18)26-30-22-15-28-32-25(38)23(22)24(31-26)29-19-1-3-20(4-2-19)34-13-11-33(12-14-34)16-21(37)17-36/h1-4,15,18,21,36-37H,5-7,9-14,16-17H2,(H,32,38)(H,29,30,31). The Morgan fingerprint density at radius 3 is 2.50 bits per heavy atom. The summed E-state index contributed by atoms with van der Waals surface area (Å²) in [5.74, 6) is 1.37. The van der Waals surface area contributed by atoms with E-state index in [9.17, 15) is 9.90 Å². The summed E-state index contributed by atoms with van der Waals surface area (Å²) in [7, 11) is 0. The molecule has 12 nitrogen and oxygen atoms in total. The van der Waals surface area contributed by atoms with Crippen LogP contribution in [0.5, 0.6) is 0 Å². The molecule has 4 N–H and O–H groups in total. The van der Waals surface area contributed by atoms with E-state index in [0.717, 1.165) is 63.5 Å². The molecule has 4 heterocycles. The molecule has 5 rings (SSSR count). The maximum Gasteiger partial charge on any atom is 0.277 e. The van der Waals surface area contributed by atoms with Crippen molar-refractivity contribution in [2.45, 2.75) is 25.4 Å². The average molecular weight is 520 g/mol. The smallest absolute Gasteiger partial charge is 0.277 e. The summed E-state index contributed by atoms with van der Waals surface area (Å²) in [6.45, 7) is 5.07. The first-order valence-corrected chi connectivity index (χ1v) is 13.0. The lowest BCUT2D eigenvalue weighted by molar-refractivity contribution is 0.0575. The van der Waals surface area contributed by atoms with Crippen LogP contribution in [0.4, 0.5) is 23.1 Å². The van der Waals surface area contributed by atoms with Crippen LogP contribution >= 0.6 is 0 Å². The molecule has 0 spiro atoms. The SMILES string of the molecule is N#CCC1CCN(c2nc(Nc3ccc(N4CCN(CC(O)CO)CC4)cc3)c3c(=O)[nH]ncc3n2)CC1. The number of rotatable bonds is 8. The van der Waals surface area contributed by atoms with Gasteiger partial charge in [-0.1, -0.05) is 0 Å². The molecule has 0 aliphatic carbocycles. The third-order valence-corrected chi connectivity index (χ3v) is 7.33. The van der Waals surface area contributed by atoms with Crippen molar-refractivity contribution in [1.82, 2.24) is 25.1 Å². The molecular formula is C26H33N9O3. The quantitative estimate of drug-likeness (QED) is 0.337.